The summed E-state index contributed by atoms with van der Waals surface area (Å²) in [6, 6.07) is 13.1. The highest BCUT2D eigenvalue weighted by Gasteiger charge is 2.27. The summed E-state index contributed by atoms with van der Waals surface area (Å²) in [5, 5.41) is 23.4. The molecule has 0 unspecified atom stereocenters. The summed E-state index contributed by atoms with van der Waals surface area (Å²) >= 11 is 6.21. The van der Waals surface area contributed by atoms with Crippen molar-refractivity contribution in [1.29, 1.82) is 0 Å². The lowest BCUT2D eigenvalue weighted by molar-refractivity contribution is -0.146. The number of ether oxygens (including phenoxy) is 1. The molecule has 1 aliphatic rings. The van der Waals surface area contributed by atoms with Crippen molar-refractivity contribution in [3.05, 3.63) is 70.4 Å². The van der Waals surface area contributed by atoms with Crippen molar-refractivity contribution in [2.75, 3.05) is 6.61 Å². The molecule has 30 heavy (non-hydrogen) atoms. The number of aliphatic hydroxyl groups is 1. The molecule has 0 radical (unpaired) electrons. The zero-order valence-electron chi connectivity index (χ0n) is 16.1. The van der Waals surface area contributed by atoms with Gasteiger partial charge in [0, 0.05) is 34.2 Å². The largest absolute Gasteiger partial charge is 0.493 e. The highest BCUT2D eigenvalue weighted by Crippen LogP contribution is 2.44. The maximum Gasteiger partial charge on any atom is 0.337 e. The van der Waals surface area contributed by atoms with E-state index in [1.54, 1.807) is 19.2 Å². The Kier molecular flexibility index (Phi) is 4.38. The predicted octanol–water partition coefficient (Wildman–Crippen LogP) is 5.07. The first-order valence-corrected chi connectivity index (χ1v) is 10.0. The molecule has 1 aromatic heterocycles. The van der Waals surface area contributed by atoms with E-state index in [0.29, 0.717) is 28.3 Å². The molecule has 5 rings (SSSR count). The van der Waals surface area contributed by atoms with E-state index in [4.69, 9.17) is 16.3 Å². The zero-order chi connectivity index (χ0) is 21.0. The number of halogens is 1. The third kappa shape index (κ3) is 2.82. The number of pyridine rings is 1. The fraction of sp³-hybridized carbons (Fsp3) is 0.167. The lowest BCUT2D eigenvalue weighted by Gasteiger charge is -2.23. The number of nitrogens with zero attached hydrogens (tertiary/aromatic N) is 1. The van der Waals surface area contributed by atoms with Crippen LogP contribution in [0.3, 0.4) is 0 Å². The molecule has 3 aromatic carbocycles. The van der Waals surface area contributed by atoms with Crippen LogP contribution in [0.15, 0.2) is 48.7 Å². The van der Waals surface area contributed by atoms with Gasteiger partial charge in [0.25, 0.3) is 0 Å². The molecule has 4 aromatic rings. The number of carbonyl (C=O) groups is 1. The van der Waals surface area contributed by atoms with E-state index in [2.05, 4.69) is 4.98 Å². The van der Waals surface area contributed by atoms with Crippen LogP contribution < -0.4 is 4.74 Å². The number of aliphatic carboxylic acids is 1. The SMILES string of the molecule is Cc1cc2cc(Cl)ccc2c(-c2ccc3c4c(ccnc24)CCO3)c1[C@@H](O)C(=O)O. The molecule has 6 heteroatoms. The van der Waals surface area contributed by atoms with Gasteiger partial charge in [-0.1, -0.05) is 23.7 Å². The predicted molar refractivity (Wildman–Crippen MR) is 116 cm³/mol. The Hall–Kier alpha value is -3.15. The van der Waals surface area contributed by atoms with E-state index < -0.39 is 12.1 Å². The maximum absolute atomic E-state index is 11.7. The van der Waals surface area contributed by atoms with Gasteiger partial charge >= 0.3 is 5.97 Å². The van der Waals surface area contributed by atoms with Crippen LogP contribution in [0.4, 0.5) is 0 Å². The number of carboxylic acids is 1. The number of fused-ring (bicyclic) bond motifs is 1. The number of rotatable bonds is 3. The van der Waals surface area contributed by atoms with Crippen LogP contribution in [0.2, 0.25) is 5.02 Å². The number of aliphatic hydroxyl groups excluding tert-OH is 1. The van der Waals surface area contributed by atoms with Crippen LogP contribution in [0.1, 0.15) is 22.8 Å². The Labute approximate surface area is 177 Å². The molecule has 2 heterocycles. The van der Waals surface area contributed by atoms with Crippen LogP contribution in [-0.2, 0) is 11.2 Å². The first-order chi connectivity index (χ1) is 14.5. The molecule has 0 amide bonds. The van der Waals surface area contributed by atoms with Gasteiger partial charge in [0.2, 0.25) is 0 Å². The summed E-state index contributed by atoms with van der Waals surface area (Å²) in [6.45, 7) is 2.41. The zero-order valence-corrected chi connectivity index (χ0v) is 16.9. The van der Waals surface area contributed by atoms with E-state index in [0.717, 1.165) is 45.0 Å². The van der Waals surface area contributed by atoms with Crippen LogP contribution >= 0.6 is 11.6 Å². The molecule has 1 aliphatic heterocycles. The standard InChI is InChI=1S/C24H18ClNO4/c1-12-10-14-11-15(25)2-3-16(14)21(19(12)23(27)24(28)29)17-4-5-18-20-13(7-9-30-18)6-8-26-22(17)20/h2-6,8,10-11,23,27H,7,9H2,1H3,(H,28,29)/t23-/m1/s1. The summed E-state index contributed by atoms with van der Waals surface area (Å²) in [6.07, 6.45) is 0.880. The Bertz CT molecular complexity index is 1340. The van der Waals surface area contributed by atoms with E-state index in [-0.39, 0.29) is 0 Å². The Morgan fingerprint density at radius 3 is 2.83 bits per heavy atom. The summed E-state index contributed by atoms with van der Waals surface area (Å²) in [5.74, 6) is -0.532. The normalized spacial score (nSPS) is 14.0. The molecular formula is C24H18ClNO4. The molecule has 0 bridgehead atoms. The van der Waals surface area contributed by atoms with Gasteiger partial charge in [-0.15, -0.1) is 0 Å². The van der Waals surface area contributed by atoms with Gasteiger partial charge in [-0.3, -0.25) is 4.98 Å². The van der Waals surface area contributed by atoms with Gasteiger partial charge in [0.1, 0.15) is 5.75 Å². The quantitative estimate of drug-likeness (QED) is 0.484. The first kappa shape index (κ1) is 18.9. The molecule has 150 valence electrons. The van der Waals surface area contributed by atoms with Gasteiger partial charge in [0.05, 0.1) is 12.1 Å². The number of hydrogen-bond acceptors (Lipinski definition) is 4. The van der Waals surface area contributed by atoms with Crippen LogP contribution in [-0.4, -0.2) is 27.8 Å². The lowest BCUT2D eigenvalue weighted by atomic mass is 9.86. The minimum absolute atomic E-state index is 0.358. The molecule has 0 saturated heterocycles. The second-order valence-electron chi connectivity index (χ2n) is 7.49. The highest BCUT2D eigenvalue weighted by molar-refractivity contribution is 6.31. The topological polar surface area (TPSA) is 79.7 Å². The van der Waals surface area contributed by atoms with Crippen LogP contribution in [0.5, 0.6) is 5.75 Å². The minimum atomic E-state index is -1.66. The number of carboxylic acid groups (broad SMARTS) is 1. The molecule has 0 aliphatic carbocycles. The van der Waals surface area contributed by atoms with Gasteiger partial charge in [-0.25, -0.2) is 4.79 Å². The molecule has 0 saturated carbocycles. The Morgan fingerprint density at radius 2 is 2.03 bits per heavy atom. The van der Waals surface area contributed by atoms with Crippen molar-refractivity contribution in [3.63, 3.8) is 0 Å². The molecule has 0 spiro atoms. The molecule has 0 fully saturated rings. The van der Waals surface area contributed by atoms with Crippen molar-refractivity contribution in [2.45, 2.75) is 19.4 Å². The fourth-order valence-electron chi connectivity index (χ4n) is 4.40. The number of benzene rings is 3. The molecular weight excluding hydrogens is 402 g/mol. The van der Waals surface area contributed by atoms with Crippen molar-refractivity contribution in [1.82, 2.24) is 4.98 Å². The monoisotopic (exact) mass is 419 g/mol. The van der Waals surface area contributed by atoms with Crippen molar-refractivity contribution in [3.8, 4) is 16.9 Å². The van der Waals surface area contributed by atoms with E-state index in [9.17, 15) is 15.0 Å². The fourth-order valence-corrected chi connectivity index (χ4v) is 4.58. The summed E-state index contributed by atoms with van der Waals surface area (Å²) in [5.41, 5.74) is 4.31. The van der Waals surface area contributed by atoms with Crippen molar-refractivity contribution >= 4 is 39.2 Å². The van der Waals surface area contributed by atoms with Gasteiger partial charge in [0.15, 0.2) is 6.10 Å². The Balaban J connectivity index is 1.95. The average Bonchev–Trinajstić information content (AvgIpc) is 2.73. The number of aromatic nitrogens is 1. The van der Waals surface area contributed by atoms with Gasteiger partial charge in [-0.05, 0) is 64.7 Å². The van der Waals surface area contributed by atoms with Crippen molar-refractivity contribution < 1.29 is 19.7 Å². The summed E-state index contributed by atoms with van der Waals surface area (Å²) in [7, 11) is 0. The van der Waals surface area contributed by atoms with E-state index in [1.165, 1.54) is 0 Å². The smallest absolute Gasteiger partial charge is 0.337 e. The Morgan fingerprint density at radius 1 is 1.20 bits per heavy atom. The third-order valence-corrected chi connectivity index (χ3v) is 5.93. The lowest BCUT2D eigenvalue weighted by Crippen LogP contribution is -2.14. The molecule has 2 N–H and O–H groups in total. The van der Waals surface area contributed by atoms with E-state index in [1.807, 2.05) is 36.4 Å². The third-order valence-electron chi connectivity index (χ3n) is 5.69. The van der Waals surface area contributed by atoms with E-state index >= 15 is 0 Å². The van der Waals surface area contributed by atoms with Gasteiger partial charge < -0.3 is 14.9 Å². The number of aryl methyl sites for hydroxylation is 1. The summed E-state index contributed by atoms with van der Waals surface area (Å²) < 4.78 is 5.83. The van der Waals surface area contributed by atoms with Gasteiger partial charge in [-0.2, -0.15) is 0 Å². The first-order valence-electron chi connectivity index (χ1n) is 9.63. The second kappa shape index (κ2) is 6.97. The van der Waals surface area contributed by atoms with Crippen LogP contribution in [0, 0.1) is 6.92 Å². The van der Waals surface area contributed by atoms with Crippen molar-refractivity contribution in [2.24, 2.45) is 0 Å². The summed E-state index contributed by atoms with van der Waals surface area (Å²) in [4.78, 5) is 16.4. The second-order valence-corrected chi connectivity index (χ2v) is 7.93. The molecule has 5 nitrogen and oxygen atoms in total. The maximum atomic E-state index is 11.7. The molecule has 1 atom stereocenters. The highest BCUT2D eigenvalue weighted by atomic mass is 35.5. The average molecular weight is 420 g/mol. The minimum Gasteiger partial charge on any atom is -0.493 e. The van der Waals surface area contributed by atoms with Crippen LogP contribution in [0.25, 0.3) is 32.8 Å². The number of hydrogen-bond donors (Lipinski definition) is 2.